The zero-order valence-corrected chi connectivity index (χ0v) is 24.5. The summed E-state index contributed by atoms with van der Waals surface area (Å²) >= 11 is 5.84. The van der Waals surface area contributed by atoms with E-state index in [1.54, 1.807) is 17.0 Å². The quantitative estimate of drug-likeness (QED) is 0.132. The molecule has 0 atom stereocenters. The van der Waals surface area contributed by atoms with E-state index in [9.17, 15) is 9.18 Å². The number of amides is 1. The molecule has 0 N–H and O–H groups in total. The third-order valence-corrected chi connectivity index (χ3v) is 7.76. The molecule has 1 saturated heterocycles. The molecule has 0 aromatic heterocycles. The second kappa shape index (κ2) is 13.0. The van der Waals surface area contributed by atoms with Gasteiger partial charge in [-0.1, -0.05) is 30.3 Å². The summed E-state index contributed by atoms with van der Waals surface area (Å²) in [6.07, 6.45) is 1.89. The van der Waals surface area contributed by atoms with Crippen molar-refractivity contribution in [2.45, 2.75) is 13.5 Å². The summed E-state index contributed by atoms with van der Waals surface area (Å²) in [5, 5.41) is 0.640. The van der Waals surface area contributed by atoms with Crippen LogP contribution < -0.4 is 4.74 Å². The average Bonchev–Trinajstić information content (AvgIpc) is 3.14. The fraction of sp³-hybridized carbons (Fsp3) is 0.185. The van der Waals surface area contributed by atoms with Crippen LogP contribution in [-0.4, -0.2) is 35.7 Å². The van der Waals surface area contributed by atoms with Crippen LogP contribution in [0.25, 0.3) is 6.08 Å². The van der Waals surface area contributed by atoms with E-state index in [0.717, 1.165) is 29.7 Å². The van der Waals surface area contributed by atoms with Gasteiger partial charge < -0.3 is 9.47 Å². The van der Waals surface area contributed by atoms with Gasteiger partial charge in [0.25, 0.3) is 5.91 Å². The first-order valence-electron chi connectivity index (χ1n) is 11.2. The number of aliphatic imine (C=N–C) groups is 1. The highest BCUT2D eigenvalue weighted by Crippen LogP contribution is 2.36. The Labute approximate surface area is 241 Å². The minimum absolute atomic E-state index is 0.0870. The summed E-state index contributed by atoms with van der Waals surface area (Å²) in [7, 11) is 0. The molecule has 3 aromatic carbocycles. The number of amidine groups is 1. The number of carbonyl (C=O) groups is 1. The molecule has 1 fully saturated rings. The van der Waals surface area contributed by atoms with Crippen molar-refractivity contribution in [3.05, 3.63) is 95.7 Å². The Morgan fingerprint density at radius 1 is 1.06 bits per heavy atom. The average molecular weight is 728 g/mol. The number of hydrogen-bond acceptors (Lipinski definition) is 5. The van der Waals surface area contributed by atoms with E-state index in [1.165, 1.54) is 23.9 Å². The maximum absolute atomic E-state index is 13.3. The first-order valence-corrected chi connectivity index (χ1v) is 14.2. The molecule has 0 aliphatic carbocycles. The lowest BCUT2D eigenvalue weighted by Crippen LogP contribution is -2.32. The fourth-order valence-corrected chi connectivity index (χ4v) is 6.54. The largest absolute Gasteiger partial charge is 0.487 e. The molecule has 36 heavy (non-hydrogen) atoms. The number of hydrogen-bond donors (Lipinski definition) is 0. The van der Waals surface area contributed by atoms with Crippen LogP contribution in [0.1, 0.15) is 18.1 Å². The van der Waals surface area contributed by atoms with Gasteiger partial charge in [-0.2, -0.15) is 0 Å². The first-order chi connectivity index (χ1) is 17.4. The highest BCUT2D eigenvalue weighted by atomic mass is 127. The molecule has 186 valence electrons. The van der Waals surface area contributed by atoms with Gasteiger partial charge in [0.15, 0.2) is 5.17 Å². The van der Waals surface area contributed by atoms with Crippen molar-refractivity contribution in [3.63, 3.8) is 0 Å². The van der Waals surface area contributed by atoms with Crippen LogP contribution in [0.15, 0.2) is 76.6 Å². The number of rotatable bonds is 9. The minimum atomic E-state index is -0.270. The number of nitrogens with zero attached hydrogens (tertiary/aromatic N) is 2. The number of benzene rings is 3. The van der Waals surface area contributed by atoms with Gasteiger partial charge in [-0.15, -0.1) is 0 Å². The summed E-state index contributed by atoms with van der Waals surface area (Å²) in [6, 6.07) is 19.8. The summed E-state index contributed by atoms with van der Waals surface area (Å²) < 4.78 is 26.5. The molecule has 0 spiro atoms. The van der Waals surface area contributed by atoms with Gasteiger partial charge in [-0.3, -0.25) is 9.69 Å². The van der Waals surface area contributed by atoms with Crippen LogP contribution in [0.5, 0.6) is 5.75 Å². The Hall–Kier alpha value is -1.96. The van der Waals surface area contributed by atoms with Gasteiger partial charge in [0.05, 0.1) is 30.9 Å². The van der Waals surface area contributed by atoms with Crippen molar-refractivity contribution in [2.75, 3.05) is 19.8 Å². The smallest absolute Gasteiger partial charge is 0.266 e. The summed E-state index contributed by atoms with van der Waals surface area (Å²) in [4.78, 5) is 20.3. The van der Waals surface area contributed by atoms with Crippen LogP contribution in [0.2, 0.25) is 0 Å². The van der Waals surface area contributed by atoms with Crippen LogP contribution in [-0.2, 0) is 16.1 Å². The fourth-order valence-electron chi connectivity index (χ4n) is 3.39. The monoisotopic (exact) mass is 728 g/mol. The zero-order chi connectivity index (χ0) is 25.5. The summed E-state index contributed by atoms with van der Waals surface area (Å²) in [5.74, 6) is 0.404. The number of para-hydroxylation sites is 1. The van der Waals surface area contributed by atoms with Crippen LogP contribution in [0.3, 0.4) is 0 Å². The molecule has 0 unspecified atom stereocenters. The molecule has 3 aromatic rings. The van der Waals surface area contributed by atoms with E-state index in [1.807, 2.05) is 55.5 Å². The second-order valence-corrected chi connectivity index (χ2v) is 11.1. The third-order valence-electron chi connectivity index (χ3n) is 5.15. The molecule has 0 radical (unpaired) electrons. The van der Waals surface area contributed by atoms with Gasteiger partial charge in [0, 0.05) is 6.61 Å². The molecule has 0 saturated carbocycles. The van der Waals surface area contributed by atoms with E-state index in [0.29, 0.717) is 36.4 Å². The normalized spacial score (nSPS) is 15.8. The SMILES string of the molecule is CCOCCN1C(=O)/C(=C/c2cc(I)c(OCc3ccc(F)cc3)c(I)c2)SC1=Nc1ccccc1. The standard InChI is InChI=1S/C27H23FI2N2O3S/c1-2-34-13-12-32-26(33)24(36-27(32)31-21-6-4-3-5-7-21)16-19-14-22(29)25(23(30)15-19)35-17-18-8-10-20(28)11-9-18/h3-11,14-16H,2,12-13,17H2,1H3/b24-16-,31-27?. The van der Waals surface area contributed by atoms with Gasteiger partial charge in [-0.05, 0) is 117 Å². The predicted molar refractivity (Wildman–Crippen MR) is 160 cm³/mol. The van der Waals surface area contributed by atoms with Crippen LogP contribution in [0.4, 0.5) is 10.1 Å². The maximum atomic E-state index is 13.3. The second-order valence-electron chi connectivity index (χ2n) is 7.72. The van der Waals surface area contributed by atoms with Crippen molar-refractivity contribution in [1.29, 1.82) is 0 Å². The highest BCUT2D eigenvalue weighted by molar-refractivity contribution is 14.1. The molecule has 1 aliphatic rings. The molecule has 1 heterocycles. The van der Waals surface area contributed by atoms with E-state index in [2.05, 4.69) is 45.2 Å². The number of thioether (sulfide) groups is 1. The highest BCUT2D eigenvalue weighted by Gasteiger charge is 2.33. The van der Waals surface area contributed by atoms with Gasteiger partial charge in [0.2, 0.25) is 0 Å². The van der Waals surface area contributed by atoms with Crippen molar-refractivity contribution >= 4 is 79.8 Å². The molecular formula is C27H23FI2N2O3S. The third kappa shape index (κ3) is 7.08. The lowest BCUT2D eigenvalue weighted by Gasteiger charge is -2.15. The van der Waals surface area contributed by atoms with E-state index < -0.39 is 0 Å². The topological polar surface area (TPSA) is 51.1 Å². The Balaban J connectivity index is 1.55. The Kier molecular flexibility index (Phi) is 9.80. The number of halogens is 3. The Morgan fingerprint density at radius 3 is 2.42 bits per heavy atom. The number of ether oxygens (including phenoxy) is 2. The van der Waals surface area contributed by atoms with Gasteiger partial charge in [0.1, 0.15) is 18.2 Å². The van der Waals surface area contributed by atoms with Gasteiger partial charge >= 0.3 is 0 Å². The lowest BCUT2D eigenvalue weighted by atomic mass is 10.2. The van der Waals surface area contributed by atoms with Crippen molar-refractivity contribution < 1.29 is 18.7 Å². The van der Waals surface area contributed by atoms with E-state index in [-0.39, 0.29) is 11.7 Å². The predicted octanol–water partition coefficient (Wildman–Crippen LogP) is 7.25. The molecule has 0 bridgehead atoms. The maximum Gasteiger partial charge on any atom is 0.266 e. The lowest BCUT2D eigenvalue weighted by molar-refractivity contribution is -0.122. The van der Waals surface area contributed by atoms with Crippen molar-refractivity contribution in [1.82, 2.24) is 4.90 Å². The van der Waals surface area contributed by atoms with Gasteiger partial charge in [-0.25, -0.2) is 9.38 Å². The van der Waals surface area contributed by atoms with Crippen LogP contribution in [0, 0.1) is 13.0 Å². The Morgan fingerprint density at radius 2 is 1.75 bits per heavy atom. The molecular weight excluding hydrogens is 705 g/mol. The molecule has 9 heteroatoms. The summed E-state index contributed by atoms with van der Waals surface area (Å²) in [5.41, 5.74) is 2.58. The summed E-state index contributed by atoms with van der Waals surface area (Å²) in [6.45, 7) is 3.75. The first kappa shape index (κ1) is 27.1. The molecule has 1 amide bonds. The molecule has 5 nitrogen and oxygen atoms in total. The molecule has 4 rings (SSSR count). The van der Waals surface area contributed by atoms with Crippen molar-refractivity contribution in [2.24, 2.45) is 4.99 Å². The number of carbonyl (C=O) groups excluding carboxylic acids is 1. The van der Waals surface area contributed by atoms with Crippen molar-refractivity contribution in [3.8, 4) is 5.75 Å². The van der Waals surface area contributed by atoms with E-state index >= 15 is 0 Å². The van der Waals surface area contributed by atoms with Crippen LogP contribution >= 0.6 is 56.9 Å². The Bertz CT molecular complexity index is 1260. The zero-order valence-electron chi connectivity index (χ0n) is 19.4. The minimum Gasteiger partial charge on any atom is -0.487 e. The van der Waals surface area contributed by atoms with E-state index in [4.69, 9.17) is 14.5 Å². The molecule has 1 aliphatic heterocycles.